The molecule has 74 valence electrons. The molecule has 4 nitrogen and oxygen atoms in total. The molecule has 0 aromatic carbocycles. The Morgan fingerprint density at radius 2 is 2.14 bits per heavy atom. The van der Waals surface area contributed by atoms with Crippen LogP contribution in [0.2, 0.25) is 0 Å². The van der Waals surface area contributed by atoms with Gasteiger partial charge in [-0.05, 0) is 12.5 Å². The van der Waals surface area contributed by atoms with E-state index in [1.807, 2.05) is 6.92 Å². The second kappa shape index (κ2) is 3.65. The van der Waals surface area contributed by atoms with E-state index in [1.165, 1.54) is 0 Å². The van der Waals surface area contributed by atoms with Crippen LogP contribution < -0.4 is 4.90 Å². The number of hydrogen-bond acceptors (Lipinski definition) is 3. The van der Waals surface area contributed by atoms with Gasteiger partial charge < -0.3 is 0 Å². The second-order valence-electron chi connectivity index (χ2n) is 3.37. The van der Waals surface area contributed by atoms with Crippen molar-refractivity contribution in [3.63, 3.8) is 0 Å². The molecule has 0 saturated carbocycles. The average molecular weight is 256 g/mol. The lowest BCUT2D eigenvalue weighted by molar-refractivity contribution is -0.117. The first-order valence-electron chi connectivity index (χ1n) is 4.40. The largest absolute Gasteiger partial charge is 0.280 e. The van der Waals surface area contributed by atoms with Crippen LogP contribution in [0.5, 0.6) is 0 Å². The summed E-state index contributed by atoms with van der Waals surface area (Å²) in [6.45, 7) is 2.57. The van der Waals surface area contributed by atoms with Gasteiger partial charge in [-0.2, -0.15) is 0 Å². The van der Waals surface area contributed by atoms with E-state index in [1.54, 1.807) is 17.3 Å². The minimum absolute atomic E-state index is 0.0794. The maximum atomic E-state index is 11.5. The third-order valence-electron chi connectivity index (χ3n) is 2.09. The Kier molecular flexibility index (Phi) is 2.50. The van der Waals surface area contributed by atoms with E-state index in [2.05, 4.69) is 25.9 Å². The van der Waals surface area contributed by atoms with Crippen LogP contribution in [0.25, 0.3) is 0 Å². The van der Waals surface area contributed by atoms with Gasteiger partial charge in [0.2, 0.25) is 11.9 Å². The van der Waals surface area contributed by atoms with Crippen molar-refractivity contribution < 1.29 is 4.79 Å². The smallest absolute Gasteiger partial charge is 0.232 e. The van der Waals surface area contributed by atoms with Gasteiger partial charge in [-0.25, -0.2) is 9.97 Å². The lowest BCUT2D eigenvalue weighted by Gasteiger charge is -2.12. The maximum Gasteiger partial charge on any atom is 0.232 e. The van der Waals surface area contributed by atoms with Crippen molar-refractivity contribution in [3.8, 4) is 0 Å². The van der Waals surface area contributed by atoms with Crippen molar-refractivity contribution in [3.05, 3.63) is 18.0 Å². The molecule has 2 rings (SSSR count). The highest BCUT2D eigenvalue weighted by Gasteiger charge is 2.30. The molecular formula is C9H10BrN3O. The van der Waals surface area contributed by atoms with E-state index in [0.29, 0.717) is 18.9 Å². The van der Waals surface area contributed by atoms with Crippen LogP contribution in [0.1, 0.15) is 12.0 Å². The van der Waals surface area contributed by atoms with E-state index in [0.717, 1.165) is 5.56 Å². The number of hydrogen-bond donors (Lipinski definition) is 0. The highest BCUT2D eigenvalue weighted by atomic mass is 79.9. The number of carbonyl (C=O) groups is 1. The lowest BCUT2D eigenvalue weighted by Crippen LogP contribution is -2.26. The Labute approximate surface area is 90.5 Å². The molecule has 1 saturated heterocycles. The molecule has 0 N–H and O–H groups in total. The van der Waals surface area contributed by atoms with Crippen LogP contribution >= 0.6 is 15.9 Å². The molecule has 2 heterocycles. The minimum atomic E-state index is 0.0794. The number of anilines is 1. The van der Waals surface area contributed by atoms with E-state index in [9.17, 15) is 4.79 Å². The van der Waals surface area contributed by atoms with Gasteiger partial charge in [-0.3, -0.25) is 9.69 Å². The SMILES string of the molecule is Cc1cnc(N2CC(Br)CC2=O)nc1. The Hall–Kier alpha value is -0.970. The molecule has 0 radical (unpaired) electrons. The van der Waals surface area contributed by atoms with Crippen molar-refractivity contribution in [2.75, 3.05) is 11.4 Å². The van der Waals surface area contributed by atoms with Gasteiger partial charge in [-0.15, -0.1) is 0 Å². The number of alkyl halides is 1. The average Bonchev–Trinajstić information content (AvgIpc) is 2.47. The van der Waals surface area contributed by atoms with Crippen LogP contribution in [0.3, 0.4) is 0 Å². The van der Waals surface area contributed by atoms with Gasteiger partial charge in [0.1, 0.15) is 0 Å². The molecule has 1 fully saturated rings. The van der Waals surface area contributed by atoms with Crippen molar-refractivity contribution in [1.82, 2.24) is 9.97 Å². The fourth-order valence-electron chi connectivity index (χ4n) is 1.38. The van der Waals surface area contributed by atoms with Crippen molar-refractivity contribution in [2.45, 2.75) is 18.2 Å². The van der Waals surface area contributed by atoms with E-state index < -0.39 is 0 Å². The van der Waals surface area contributed by atoms with Crippen LogP contribution in [0.4, 0.5) is 5.95 Å². The number of aromatic nitrogens is 2. The van der Waals surface area contributed by atoms with Gasteiger partial charge in [0, 0.05) is 30.2 Å². The molecule has 0 spiro atoms. The Balaban J connectivity index is 2.23. The first-order valence-corrected chi connectivity index (χ1v) is 5.31. The summed E-state index contributed by atoms with van der Waals surface area (Å²) in [6.07, 6.45) is 3.96. The van der Waals surface area contributed by atoms with Gasteiger partial charge in [0.15, 0.2) is 0 Å². The molecule has 5 heteroatoms. The normalized spacial score (nSPS) is 21.7. The molecule has 14 heavy (non-hydrogen) atoms. The van der Waals surface area contributed by atoms with Crippen LogP contribution in [-0.2, 0) is 4.79 Å². The number of carbonyl (C=O) groups excluding carboxylic acids is 1. The summed E-state index contributed by atoms with van der Waals surface area (Å²) in [5.74, 6) is 0.582. The fourth-order valence-corrected chi connectivity index (χ4v) is 1.95. The molecule has 0 aliphatic carbocycles. The summed E-state index contributed by atoms with van der Waals surface area (Å²) < 4.78 is 0. The minimum Gasteiger partial charge on any atom is -0.280 e. The lowest BCUT2D eigenvalue weighted by atomic mass is 10.4. The molecule has 1 aromatic rings. The van der Waals surface area contributed by atoms with E-state index in [-0.39, 0.29) is 10.7 Å². The monoisotopic (exact) mass is 255 g/mol. The highest BCUT2D eigenvalue weighted by molar-refractivity contribution is 9.09. The topological polar surface area (TPSA) is 46.1 Å². The van der Waals surface area contributed by atoms with Crippen LogP contribution in [-0.4, -0.2) is 27.2 Å². The predicted octanol–water partition coefficient (Wildman–Crippen LogP) is 1.29. The molecule has 1 aliphatic heterocycles. The van der Waals surface area contributed by atoms with Crippen molar-refractivity contribution in [1.29, 1.82) is 0 Å². The van der Waals surface area contributed by atoms with Crippen LogP contribution in [0, 0.1) is 6.92 Å². The van der Waals surface area contributed by atoms with Gasteiger partial charge in [0.25, 0.3) is 0 Å². The van der Waals surface area contributed by atoms with E-state index in [4.69, 9.17) is 0 Å². The molecule has 1 amide bonds. The number of aryl methyl sites for hydroxylation is 1. The summed E-state index contributed by atoms with van der Waals surface area (Å²) in [6, 6.07) is 0. The predicted molar refractivity (Wildman–Crippen MR) is 56.5 cm³/mol. The molecule has 1 atom stereocenters. The number of halogens is 1. The standard InChI is InChI=1S/C9H10BrN3O/c1-6-3-11-9(12-4-6)13-5-7(10)2-8(13)14/h3-4,7H,2,5H2,1H3. The number of amides is 1. The first-order chi connectivity index (χ1) is 6.66. The zero-order chi connectivity index (χ0) is 10.1. The number of rotatable bonds is 1. The fraction of sp³-hybridized carbons (Fsp3) is 0.444. The summed E-state index contributed by atoms with van der Waals surface area (Å²) in [7, 11) is 0. The molecule has 0 bridgehead atoms. The summed E-state index contributed by atoms with van der Waals surface area (Å²) in [5.41, 5.74) is 0.996. The quantitative estimate of drug-likeness (QED) is 0.711. The first kappa shape index (κ1) is 9.58. The molecule has 1 aromatic heterocycles. The Morgan fingerprint density at radius 1 is 1.50 bits per heavy atom. The van der Waals surface area contributed by atoms with Crippen LogP contribution in [0.15, 0.2) is 12.4 Å². The van der Waals surface area contributed by atoms with Gasteiger partial charge in [0.05, 0.1) is 0 Å². The Bertz CT molecular complexity index is 352. The van der Waals surface area contributed by atoms with E-state index >= 15 is 0 Å². The summed E-state index contributed by atoms with van der Waals surface area (Å²) in [4.78, 5) is 21.6. The second-order valence-corrected chi connectivity index (χ2v) is 4.66. The zero-order valence-corrected chi connectivity index (χ0v) is 9.36. The zero-order valence-electron chi connectivity index (χ0n) is 7.77. The Morgan fingerprint density at radius 3 is 2.64 bits per heavy atom. The van der Waals surface area contributed by atoms with Crippen molar-refractivity contribution >= 4 is 27.8 Å². The molecular weight excluding hydrogens is 246 g/mol. The molecule has 1 unspecified atom stereocenters. The summed E-state index contributed by atoms with van der Waals surface area (Å²) in [5, 5.41) is 0. The third-order valence-corrected chi connectivity index (χ3v) is 2.70. The molecule has 1 aliphatic rings. The highest BCUT2D eigenvalue weighted by Crippen LogP contribution is 2.21. The van der Waals surface area contributed by atoms with Gasteiger partial charge in [-0.1, -0.05) is 15.9 Å². The summed E-state index contributed by atoms with van der Waals surface area (Å²) >= 11 is 3.41. The third kappa shape index (κ3) is 1.77. The number of nitrogens with zero attached hydrogens (tertiary/aromatic N) is 3. The van der Waals surface area contributed by atoms with Gasteiger partial charge >= 0.3 is 0 Å². The van der Waals surface area contributed by atoms with Crippen molar-refractivity contribution in [2.24, 2.45) is 0 Å². The maximum absolute atomic E-state index is 11.5.